The van der Waals surface area contributed by atoms with E-state index in [9.17, 15) is 4.79 Å². The highest BCUT2D eigenvalue weighted by molar-refractivity contribution is 9.10. The Morgan fingerprint density at radius 3 is 2.50 bits per heavy atom. The van der Waals surface area contributed by atoms with E-state index >= 15 is 0 Å². The third kappa shape index (κ3) is 2.05. The van der Waals surface area contributed by atoms with E-state index in [2.05, 4.69) is 53.8 Å². The molecule has 0 saturated heterocycles. The van der Waals surface area contributed by atoms with E-state index in [4.69, 9.17) is 0 Å². The second kappa shape index (κ2) is 3.74. The van der Waals surface area contributed by atoms with Crippen LogP contribution in [0.25, 0.3) is 10.9 Å². The molecule has 1 aromatic heterocycles. The Balaban J connectivity index is 2.78. The average molecular weight is 280 g/mol. The maximum atomic E-state index is 11.2. The van der Waals surface area contributed by atoms with Crippen molar-refractivity contribution in [2.24, 2.45) is 0 Å². The number of aromatic amines is 1. The van der Waals surface area contributed by atoms with E-state index in [-0.39, 0.29) is 11.0 Å². The van der Waals surface area contributed by atoms with Crippen LogP contribution < -0.4 is 5.56 Å². The quantitative estimate of drug-likeness (QED) is 0.786. The topological polar surface area (TPSA) is 32.9 Å². The van der Waals surface area contributed by atoms with Gasteiger partial charge in [-0.2, -0.15) is 0 Å². The van der Waals surface area contributed by atoms with Gasteiger partial charge in [-0.05, 0) is 50.5 Å². The molecule has 2 rings (SSSR count). The molecule has 0 fully saturated rings. The van der Waals surface area contributed by atoms with Crippen molar-refractivity contribution < 1.29 is 0 Å². The van der Waals surface area contributed by atoms with Crippen molar-refractivity contribution in [3.8, 4) is 0 Å². The van der Waals surface area contributed by atoms with Crippen LogP contribution in [0.4, 0.5) is 0 Å². The number of fused-ring (bicyclic) bond motifs is 1. The summed E-state index contributed by atoms with van der Waals surface area (Å²) in [7, 11) is 0. The molecule has 84 valence electrons. The predicted molar refractivity (Wildman–Crippen MR) is 71.0 cm³/mol. The van der Waals surface area contributed by atoms with Crippen LogP contribution in [-0.2, 0) is 5.41 Å². The SMILES string of the molecule is CC(C)(C)c1cc(Br)c2[nH]c(=O)ccc2c1. The zero-order valence-electron chi connectivity index (χ0n) is 9.60. The van der Waals surface area contributed by atoms with Crippen LogP contribution >= 0.6 is 15.9 Å². The van der Waals surface area contributed by atoms with Gasteiger partial charge in [0.2, 0.25) is 5.56 Å². The predicted octanol–water partition coefficient (Wildman–Crippen LogP) is 3.59. The van der Waals surface area contributed by atoms with Gasteiger partial charge in [0.25, 0.3) is 0 Å². The Morgan fingerprint density at radius 1 is 1.19 bits per heavy atom. The third-order valence-corrected chi connectivity index (χ3v) is 3.27. The Bertz CT molecular complexity index is 593. The van der Waals surface area contributed by atoms with Crippen LogP contribution in [0.5, 0.6) is 0 Å². The third-order valence-electron chi connectivity index (χ3n) is 2.65. The lowest BCUT2D eigenvalue weighted by Gasteiger charge is -2.20. The molecular formula is C13H14BrNO. The lowest BCUT2D eigenvalue weighted by molar-refractivity contribution is 0.590. The summed E-state index contributed by atoms with van der Waals surface area (Å²) >= 11 is 3.50. The minimum atomic E-state index is -0.0725. The van der Waals surface area contributed by atoms with Crippen molar-refractivity contribution in [3.63, 3.8) is 0 Å². The van der Waals surface area contributed by atoms with Crippen LogP contribution in [0.1, 0.15) is 26.3 Å². The second-order valence-corrected chi connectivity index (χ2v) is 5.85. The number of H-pyrrole nitrogens is 1. The minimum Gasteiger partial charge on any atom is -0.321 e. The fraction of sp³-hybridized carbons (Fsp3) is 0.308. The van der Waals surface area contributed by atoms with Crippen molar-refractivity contribution in [2.45, 2.75) is 26.2 Å². The molecule has 16 heavy (non-hydrogen) atoms. The van der Waals surface area contributed by atoms with E-state index in [1.165, 1.54) is 5.56 Å². The van der Waals surface area contributed by atoms with Gasteiger partial charge in [-0.15, -0.1) is 0 Å². The molecule has 2 aromatic rings. The van der Waals surface area contributed by atoms with E-state index in [1.807, 2.05) is 6.07 Å². The van der Waals surface area contributed by atoms with Gasteiger partial charge < -0.3 is 4.98 Å². The Kier molecular flexibility index (Phi) is 2.66. The first kappa shape index (κ1) is 11.4. The first-order valence-corrected chi connectivity index (χ1v) is 6.00. The van der Waals surface area contributed by atoms with Crippen molar-refractivity contribution in [2.75, 3.05) is 0 Å². The molecule has 0 saturated carbocycles. The van der Waals surface area contributed by atoms with Crippen molar-refractivity contribution in [1.82, 2.24) is 4.98 Å². The van der Waals surface area contributed by atoms with Crippen LogP contribution in [-0.4, -0.2) is 4.98 Å². The number of pyridine rings is 1. The molecule has 0 aliphatic carbocycles. The summed E-state index contributed by atoms with van der Waals surface area (Å²) in [5.74, 6) is 0. The van der Waals surface area contributed by atoms with Crippen molar-refractivity contribution in [1.29, 1.82) is 0 Å². The van der Waals surface area contributed by atoms with E-state index in [0.29, 0.717) is 0 Å². The molecule has 1 aromatic carbocycles. The molecule has 0 spiro atoms. The molecule has 1 N–H and O–H groups in total. The highest BCUT2D eigenvalue weighted by atomic mass is 79.9. The molecule has 0 amide bonds. The summed E-state index contributed by atoms with van der Waals surface area (Å²) in [5.41, 5.74) is 2.14. The minimum absolute atomic E-state index is 0.0725. The maximum absolute atomic E-state index is 11.2. The van der Waals surface area contributed by atoms with Gasteiger partial charge in [-0.1, -0.05) is 20.8 Å². The first-order chi connectivity index (χ1) is 7.38. The standard InChI is InChI=1S/C13H14BrNO/c1-13(2,3)9-6-8-4-5-11(16)15-12(8)10(14)7-9/h4-7H,1-3H3,(H,15,16). The highest BCUT2D eigenvalue weighted by Crippen LogP contribution is 2.30. The van der Waals surface area contributed by atoms with Gasteiger partial charge in [-0.25, -0.2) is 0 Å². The van der Waals surface area contributed by atoms with Crippen molar-refractivity contribution >= 4 is 26.8 Å². The largest absolute Gasteiger partial charge is 0.321 e. The second-order valence-electron chi connectivity index (χ2n) is 4.99. The highest BCUT2D eigenvalue weighted by Gasteiger charge is 2.15. The van der Waals surface area contributed by atoms with Gasteiger partial charge in [0.15, 0.2) is 0 Å². The van der Waals surface area contributed by atoms with Gasteiger partial charge in [0.05, 0.1) is 5.52 Å². The first-order valence-electron chi connectivity index (χ1n) is 5.21. The number of aromatic nitrogens is 1. The molecule has 0 aliphatic rings. The molecule has 0 aliphatic heterocycles. The number of nitrogens with one attached hydrogen (secondary N) is 1. The molecular weight excluding hydrogens is 266 g/mol. The van der Waals surface area contributed by atoms with Crippen LogP contribution in [0.15, 0.2) is 33.5 Å². The number of rotatable bonds is 0. The Hall–Kier alpha value is -1.09. The Labute approximate surface area is 103 Å². The van der Waals surface area contributed by atoms with Crippen LogP contribution in [0.3, 0.4) is 0 Å². The monoisotopic (exact) mass is 279 g/mol. The Morgan fingerprint density at radius 2 is 1.88 bits per heavy atom. The zero-order chi connectivity index (χ0) is 11.9. The lowest BCUT2D eigenvalue weighted by atomic mass is 9.86. The van der Waals surface area contributed by atoms with E-state index in [0.717, 1.165) is 15.4 Å². The lowest BCUT2D eigenvalue weighted by Crippen LogP contribution is -2.11. The van der Waals surface area contributed by atoms with Crippen LogP contribution in [0, 0.1) is 0 Å². The van der Waals surface area contributed by atoms with Gasteiger partial charge in [-0.3, -0.25) is 4.79 Å². The smallest absolute Gasteiger partial charge is 0.248 e. The molecule has 3 heteroatoms. The fourth-order valence-corrected chi connectivity index (χ4v) is 2.23. The maximum Gasteiger partial charge on any atom is 0.248 e. The molecule has 0 radical (unpaired) electrons. The van der Waals surface area contributed by atoms with Crippen molar-refractivity contribution in [3.05, 3.63) is 44.7 Å². The van der Waals surface area contributed by atoms with Gasteiger partial charge in [0.1, 0.15) is 0 Å². The summed E-state index contributed by atoms with van der Waals surface area (Å²) in [4.78, 5) is 14.1. The van der Waals surface area contributed by atoms with E-state index in [1.54, 1.807) is 6.07 Å². The normalized spacial score (nSPS) is 12.0. The number of hydrogen-bond acceptors (Lipinski definition) is 1. The van der Waals surface area contributed by atoms with Gasteiger partial charge >= 0.3 is 0 Å². The zero-order valence-corrected chi connectivity index (χ0v) is 11.2. The van der Waals surface area contributed by atoms with Crippen LogP contribution in [0.2, 0.25) is 0 Å². The van der Waals surface area contributed by atoms with E-state index < -0.39 is 0 Å². The number of halogens is 1. The molecule has 0 bridgehead atoms. The summed E-state index contributed by atoms with van der Waals surface area (Å²) < 4.78 is 0.938. The number of hydrogen-bond donors (Lipinski definition) is 1. The summed E-state index contributed by atoms with van der Waals surface area (Å²) in [5, 5.41) is 1.05. The molecule has 1 heterocycles. The van der Waals surface area contributed by atoms with Gasteiger partial charge in [0, 0.05) is 10.5 Å². The number of benzene rings is 1. The average Bonchev–Trinajstić information content (AvgIpc) is 2.17. The summed E-state index contributed by atoms with van der Waals surface area (Å²) in [6.07, 6.45) is 0. The molecule has 0 unspecified atom stereocenters. The fourth-order valence-electron chi connectivity index (χ4n) is 1.65. The molecule has 2 nitrogen and oxygen atoms in total. The summed E-state index contributed by atoms with van der Waals surface area (Å²) in [6, 6.07) is 7.60. The summed E-state index contributed by atoms with van der Waals surface area (Å²) in [6.45, 7) is 6.52. The molecule has 0 atom stereocenters.